The van der Waals surface area contributed by atoms with Crippen LogP contribution in [0.5, 0.6) is 11.5 Å². The van der Waals surface area contributed by atoms with Gasteiger partial charge in [-0.25, -0.2) is 9.97 Å². The van der Waals surface area contributed by atoms with Crippen molar-refractivity contribution in [2.45, 2.75) is 26.2 Å². The Hall–Kier alpha value is -7.44. The normalized spacial score (nSPS) is 11.8. The summed E-state index contributed by atoms with van der Waals surface area (Å²) in [7, 11) is 0. The molecule has 6 heteroatoms. The Bertz CT molecular complexity index is 3170. The van der Waals surface area contributed by atoms with E-state index in [1.54, 1.807) is 18.2 Å². The Morgan fingerprint density at radius 1 is 0.517 bits per heavy atom. The van der Waals surface area contributed by atoms with Gasteiger partial charge in [0.05, 0.1) is 28.1 Å². The van der Waals surface area contributed by atoms with Gasteiger partial charge in [-0.05, 0) is 94.4 Å². The molecule has 0 amide bonds. The maximum atomic E-state index is 12.0. The van der Waals surface area contributed by atoms with Crippen molar-refractivity contribution < 1.29 is 14.6 Å². The highest BCUT2D eigenvalue weighted by Gasteiger charge is 2.27. The summed E-state index contributed by atoms with van der Waals surface area (Å²) in [5.41, 5.74) is 12.4. The van der Waals surface area contributed by atoms with E-state index in [2.05, 4.69) is 98.1 Å². The average molecular weight is 754 g/mol. The van der Waals surface area contributed by atoms with Crippen LogP contribution in [0.2, 0.25) is 0 Å². The number of furan rings is 1. The molecule has 2 N–H and O–H groups in total. The fourth-order valence-corrected chi connectivity index (χ4v) is 8.05. The summed E-state index contributed by atoms with van der Waals surface area (Å²) in [4.78, 5) is 10.5. The van der Waals surface area contributed by atoms with Crippen LogP contribution in [-0.2, 0) is 5.41 Å². The molecule has 6 nitrogen and oxygen atoms in total. The lowest BCUT2D eigenvalue weighted by molar-refractivity contribution is 0.476. The number of rotatable bonds is 6. The monoisotopic (exact) mass is 753 g/mol. The van der Waals surface area contributed by atoms with Gasteiger partial charge in [-0.3, -0.25) is 4.57 Å². The first-order chi connectivity index (χ1) is 28.2. The topological polar surface area (TPSA) is 84.3 Å². The number of aromatic nitrogens is 3. The lowest BCUT2D eigenvalue weighted by atomic mass is 9.85. The van der Waals surface area contributed by atoms with Crippen molar-refractivity contribution in [1.29, 1.82) is 0 Å². The Kier molecular flexibility index (Phi) is 8.23. The first kappa shape index (κ1) is 35.0. The third kappa shape index (κ3) is 5.89. The molecule has 0 aliphatic heterocycles. The maximum Gasteiger partial charge on any atom is 0.153 e. The van der Waals surface area contributed by atoms with E-state index in [0.717, 1.165) is 55.4 Å². The molecule has 10 rings (SSSR count). The van der Waals surface area contributed by atoms with Crippen LogP contribution in [0.15, 0.2) is 174 Å². The van der Waals surface area contributed by atoms with E-state index in [0.29, 0.717) is 39.4 Å². The zero-order valence-electron chi connectivity index (χ0n) is 32.3. The number of hydrogen-bond acceptors (Lipinski definition) is 5. The Balaban J connectivity index is 1.28. The number of fused-ring (bicyclic) bond motifs is 4. The number of para-hydroxylation sites is 2. The summed E-state index contributed by atoms with van der Waals surface area (Å²) in [5, 5.41) is 24.5. The number of hydrogen-bond donors (Lipinski definition) is 2. The van der Waals surface area contributed by atoms with Crippen LogP contribution in [0.1, 0.15) is 26.3 Å². The fraction of sp³-hybridized carbons (Fsp3) is 0.0769. The predicted octanol–water partition coefficient (Wildman–Crippen LogP) is 13.4. The van der Waals surface area contributed by atoms with Gasteiger partial charge >= 0.3 is 0 Å². The molecule has 58 heavy (non-hydrogen) atoms. The Morgan fingerprint density at radius 2 is 1.21 bits per heavy atom. The number of aromatic hydroxyl groups is 2. The highest BCUT2D eigenvalue weighted by Crippen LogP contribution is 2.46. The van der Waals surface area contributed by atoms with Gasteiger partial charge in [0.15, 0.2) is 5.82 Å². The van der Waals surface area contributed by atoms with Gasteiger partial charge < -0.3 is 14.6 Å². The van der Waals surface area contributed by atoms with Crippen LogP contribution in [0.25, 0.3) is 94.8 Å². The lowest BCUT2D eigenvalue weighted by Gasteiger charge is -2.23. The van der Waals surface area contributed by atoms with Gasteiger partial charge in [0, 0.05) is 27.5 Å². The summed E-state index contributed by atoms with van der Waals surface area (Å²) in [6, 6.07) is 56.4. The standard InChI is InChI=1S/C52H39N3O3/c1-52(2,3)35-25-27-43(39(31-35)33-16-8-5-9-17-33)55-44-22-12-19-38(42-21-13-20-41(53-42)37-18-10-11-23-45(37)56)49(44)54-51(55)48-46(57)28-26-36-40-30-34(32-14-6-4-7-15-32)24-29-47(40)58-50(36)48/h4-31,56-57H,1-3H3. The van der Waals surface area contributed by atoms with Crippen molar-refractivity contribution in [2.24, 2.45) is 0 Å². The molecule has 10 aromatic rings. The quantitative estimate of drug-likeness (QED) is 0.177. The van der Waals surface area contributed by atoms with E-state index in [4.69, 9.17) is 14.4 Å². The van der Waals surface area contributed by atoms with Gasteiger partial charge in [-0.2, -0.15) is 0 Å². The Labute approximate surface area is 336 Å². The predicted molar refractivity (Wildman–Crippen MR) is 235 cm³/mol. The van der Waals surface area contributed by atoms with Crippen LogP contribution >= 0.6 is 0 Å². The van der Waals surface area contributed by atoms with Crippen LogP contribution in [0, 0.1) is 0 Å². The van der Waals surface area contributed by atoms with Crippen LogP contribution in [0.3, 0.4) is 0 Å². The third-order valence-corrected chi connectivity index (χ3v) is 11.0. The minimum Gasteiger partial charge on any atom is -0.507 e. The fourth-order valence-electron chi connectivity index (χ4n) is 8.05. The summed E-state index contributed by atoms with van der Waals surface area (Å²) < 4.78 is 8.87. The summed E-state index contributed by atoms with van der Waals surface area (Å²) >= 11 is 0. The highest BCUT2D eigenvalue weighted by atomic mass is 16.3. The second-order valence-electron chi connectivity index (χ2n) is 15.7. The molecule has 0 aliphatic carbocycles. The van der Waals surface area contributed by atoms with Crippen LogP contribution in [0.4, 0.5) is 0 Å². The maximum absolute atomic E-state index is 12.0. The van der Waals surface area contributed by atoms with Crippen molar-refractivity contribution in [1.82, 2.24) is 14.5 Å². The first-order valence-electron chi connectivity index (χ1n) is 19.4. The molecule has 0 bridgehead atoms. The van der Waals surface area contributed by atoms with E-state index < -0.39 is 0 Å². The summed E-state index contributed by atoms with van der Waals surface area (Å²) in [6.07, 6.45) is 0. The molecule has 280 valence electrons. The summed E-state index contributed by atoms with van der Waals surface area (Å²) in [5.74, 6) is 0.750. The number of nitrogens with zero attached hydrogens (tertiary/aromatic N) is 3. The number of imidazole rings is 1. The van der Waals surface area contributed by atoms with Crippen molar-refractivity contribution >= 4 is 33.0 Å². The molecule has 0 radical (unpaired) electrons. The molecule has 0 spiro atoms. The Morgan fingerprint density at radius 3 is 1.97 bits per heavy atom. The highest BCUT2D eigenvalue weighted by molar-refractivity contribution is 6.12. The molecule has 3 heterocycles. The minimum atomic E-state index is -0.102. The number of phenolic OH excluding ortho intramolecular Hbond substituents is 2. The molecule has 0 atom stereocenters. The van der Waals surface area contributed by atoms with E-state index >= 15 is 0 Å². The largest absolute Gasteiger partial charge is 0.507 e. The van der Waals surface area contributed by atoms with E-state index in [-0.39, 0.29) is 16.9 Å². The molecular formula is C52H39N3O3. The second-order valence-corrected chi connectivity index (χ2v) is 15.7. The number of benzene rings is 7. The molecule has 0 aliphatic rings. The van der Waals surface area contributed by atoms with Gasteiger partial charge in [-0.15, -0.1) is 0 Å². The van der Waals surface area contributed by atoms with Crippen molar-refractivity contribution in [3.8, 4) is 73.3 Å². The van der Waals surface area contributed by atoms with E-state index in [1.807, 2.05) is 78.9 Å². The lowest BCUT2D eigenvalue weighted by Crippen LogP contribution is -2.12. The van der Waals surface area contributed by atoms with Gasteiger partial charge in [-0.1, -0.05) is 124 Å². The smallest absolute Gasteiger partial charge is 0.153 e. The van der Waals surface area contributed by atoms with Gasteiger partial charge in [0.25, 0.3) is 0 Å². The molecule has 0 unspecified atom stereocenters. The molecule has 0 saturated carbocycles. The first-order valence-corrected chi connectivity index (χ1v) is 19.4. The number of pyridine rings is 1. The zero-order valence-corrected chi connectivity index (χ0v) is 32.3. The van der Waals surface area contributed by atoms with Crippen molar-refractivity contribution in [3.63, 3.8) is 0 Å². The summed E-state index contributed by atoms with van der Waals surface area (Å²) in [6.45, 7) is 6.67. The molecule has 0 fully saturated rings. The SMILES string of the molecule is CC(C)(C)c1ccc(-n2c(-c3c(O)ccc4c3oc3ccc(-c5ccccc5)cc34)nc3c(-c4cccc(-c5ccccc5O)n4)cccc32)c(-c2ccccc2)c1. The van der Waals surface area contributed by atoms with E-state index in [1.165, 1.54) is 5.56 Å². The molecule has 3 aromatic heterocycles. The van der Waals surface area contributed by atoms with Crippen molar-refractivity contribution in [3.05, 3.63) is 175 Å². The van der Waals surface area contributed by atoms with Gasteiger partial charge in [0.2, 0.25) is 0 Å². The third-order valence-electron chi connectivity index (χ3n) is 11.0. The van der Waals surface area contributed by atoms with Crippen LogP contribution < -0.4 is 0 Å². The number of phenols is 2. The molecule has 0 saturated heterocycles. The molecule has 7 aromatic carbocycles. The molecular weight excluding hydrogens is 715 g/mol. The zero-order chi connectivity index (χ0) is 39.5. The van der Waals surface area contributed by atoms with Gasteiger partial charge in [0.1, 0.15) is 28.2 Å². The van der Waals surface area contributed by atoms with E-state index in [9.17, 15) is 10.2 Å². The average Bonchev–Trinajstić information content (AvgIpc) is 3.82. The second kappa shape index (κ2) is 13.6. The van der Waals surface area contributed by atoms with Crippen LogP contribution in [-0.4, -0.2) is 24.7 Å². The minimum absolute atomic E-state index is 0.0557. The van der Waals surface area contributed by atoms with Crippen molar-refractivity contribution in [2.75, 3.05) is 0 Å².